The Balaban J connectivity index is 1.51. The summed E-state index contributed by atoms with van der Waals surface area (Å²) in [4.78, 5) is 22.3. The van der Waals surface area contributed by atoms with Crippen molar-refractivity contribution in [2.24, 2.45) is 0 Å². The quantitative estimate of drug-likeness (QED) is 0.743. The van der Waals surface area contributed by atoms with Gasteiger partial charge in [-0.2, -0.15) is 4.31 Å². The number of carbonyl (C=O) groups excluding carboxylic acids is 1. The number of benzene rings is 1. The first-order valence-electron chi connectivity index (χ1n) is 8.60. The Hall–Kier alpha value is -2.30. The zero-order valence-electron chi connectivity index (χ0n) is 14.9. The summed E-state index contributed by atoms with van der Waals surface area (Å²) in [6.45, 7) is 1.40. The number of anilines is 1. The number of carbonyl (C=O) groups is 1. The van der Waals surface area contributed by atoms with Crippen LogP contribution in [-0.4, -0.2) is 67.1 Å². The monoisotopic (exact) mass is 427 g/mol. The number of nitrogens with zero attached hydrogens (tertiary/aromatic N) is 4. The molecule has 11 heteroatoms. The van der Waals surface area contributed by atoms with E-state index in [1.54, 1.807) is 18.5 Å². The topological polar surface area (TPSA) is 95.5 Å². The van der Waals surface area contributed by atoms with Crippen molar-refractivity contribution in [2.45, 2.75) is 0 Å². The summed E-state index contributed by atoms with van der Waals surface area (Å²) in [7, 11) is -3.56. The number of nitrogens with one attached hydrogen (secondary N) is 1. The second kappa shape index (κ2) is 8.80. The van der Waals surface area contributed by atoms with E-state index in [1.807, 2.05) is 4.90 Å². The van der Waals surface area contributed by atoms with Crippen molar-refractivity contribution in [3.05, 3.63) is 53.1 Å². The van der Waals surface area contributed by atoms with Gasteiger partial charge in [0, 0.05) is 45.1 Å². The zero-order chi connectivity index (χ0) is 20.1. The SMILES string of the molecule is O=C(NCCS(=O)(=O)N1CCN(c2ncccn2)CC1)c1c(F)cccc1Cl. The molecule has 28 heavy (non-hydrogen) atoms. The number of amides is 1. The van der Waals surface area contributed by atoms with Crippen molar-refractivity contribution in [3.8, 4) is 0 Å². The molecule has 2 heterocycles. The van der Waals surface area contributed by atoms with E-state index in [0.717, 1.165) is 6.07 Å². The molecule has 0 spiro atoms. The molecule has 2 aromatic rings. The zero-order valence-corrected chi connectivity index (χ0v) is 16.5. The number of sulfonamides is 1. The summed E-state index contributed by atoms with van der Waals surface area (Å²) in [5.74, 6) is -1.22. The van der Waals surface area contributed by atoms with E-state index < -0.39 is 21.7 Å². The second-order valence-corrected chi connectivity index (χ2v) is 8.60. The summed E-state index contributed by atoms with van der Waals surface area (Å²) in [6.07, 6.45) is 3.27. The van der Waals surface area contributed by atoms with Crippen LogP contribution >= 0.6 is 11.6 Å². The molecule has 1 aromatic carbocycles. The molecule has 8 nitrogen and oxygen atoms in total. The number of aromatic nitrogens is 2. The minimum absolute atomic E-state index is 0.0281. The van der Waals surface area contributed by atoms with E-state index in [9.17, 15) is 17.6 Å². The van der Waals surface area contributed by atoms with Crippen molar-refractivity contribution in [1.29, 1.82) is 0 Å². The minimum atomic E-state index is -3.56. The predicted molar refractivity (Wildman–Crippen MR) is 103 cm³/mol. The number of hydrogen-bond acceptors (Lipinski definition) is 6. The average Bonchev–Trinajstić information content (AvgIpc) is 2.68. The summed E-state index contributed by atoms with van der Waals surface area (Å²) in [5, 5.41) is 2.38. The van der Waals surface area contributed by atoms with Gasteiger partial charge in [-0.25, -0.2) is 22.8 Å². The van der Waals surface area contributed by atoms with Gasteiger partial charge in [-0.3, -0.25) is 4.79 Å². The fraction of sp³-hybridized carbons (Fsp3) is 0.353. The van der Waals surface area contributed by atoms with Crippen molar-refractivity contribution in [3.63, 3.8) is 0 Å². The first kappa shape index (κ1) is 20.4. The Morgan fingerprint density at radius 1 is 1.14 bits per heavy atom. The summed E-state index contributed by atoms with van der Waals surface area (Å²) in [6, 6.07) is 5.62. The number of hydrogen-bond donors (Lipinski definition) is 1. The Morgan fingerprint density at radius 2 is 1.82 bits per heavy atom. The molecule has 1 saturated heterocycles. The lowest BCUT2D eigenvalue weighted by molar-refractivity contribution is 0.0952. The molecular formula is C17H19ClFN5O3S. The molecule has 3 rings (SSSR count). The van der Waals surface area contributed by atoms with Crippen molar-refractivity contribution < 1.29 is 17.6 Å². The van der Waals surface area contributed by atoms with Gasteiger partial charge in [-0.1, -0.05) is 17.7 Å². The maximum absolute atomic E-state index is 13.7. The van der Waals surface area contributed by atoms with Crippen LogP contribution in [0.15, 0.2) is 36.7 Å². The highest BCUT2D eigenvalue weighted by molar-refractivity contribution is 7.89. The Labute approximate surface area is 167 Å². The third-order valence-corrected chi connectivity index (χ3v) is 6.49. The summed E-state index contributed by atoms with van der Waals surface area (Å²) >= 11 is 5.84. The standard InChI is InChI=1S/C17H19ClFN5O3S/c18-13-3-1-4-14(19)15(13)16(25)20-7-12-28(26,27)24-10-8-23(9-11-24)17-21-5-2-6-22-17/h1-6H,7-12H2,(H,20,25). The van der Waals surface area contributed by atoms with Crippen molar-refractivity contribution in [1.82, 2.24) is 19.6 Å². The third kappa shape index (κ3) is 4.75. The molecule has 1 aliphatic heterocycles. The van der Waals surface area contributed by atoms with Crippen LogP contribution in [0.5, 0.6) is 0 Å². The highest BCUT2D eigenvalue weighted by atomic mass is 35.5. The minimum Gasteiger partial charge on any atom is -0.351 e. The van der Waals surface area contributed by atoms with Gasteiger partial charge in [0.25, 0.3) is 5.91 Å². The highest BCUT2D eigenvalue weighted by Gasteiger charge is 2.27. The molecule has 1 aromatic heterocycles. The van der Waals surface area contributed by atoms with Crippen molar-refractivity contribution >= 4 is 33.5 Å². The van der Waals surface area contributed by atoms with Gasteiger partial charge < -0.3 is 10.2 Å². The van der Waals surface area contributed by atoms with Crippen LogP contribution in [0.4, 0.5) is 10.3 Å². The lowest BCUT2D eigenvalue weighted by atomic mass is 10.2. The average molecular weight is 428 g/mol. The van der Waals surface area contributed by atoms with Crippen LogP contribution in [0.25, 0.3) is 0 Å². The number of halogens is 2. The maximum Gasteiger partial charge on any atom is 0.255 e. The van der Waals surface area contributed by atoms with Gasteiger partial charge in [0.2, 0.25) is 16.0 Å². The van der Waals surface area contributed by atoms with E-state index in [4.69, 9.17) is 11.6 Å². The molecule has 1 N–H and O–H groups in total. The van der Waals surface area contributed by atoms with Gasteiger partial charge in [0.05, 0.1) is 16.3 Å². The molecule has 1 fully saturated rings. The maximum atomic E-state index is 13.7. The van der Waals surface area contributed by atoms with Crippen LogP contribution in [0.2, 0.25) is 5.02 Å². The molecule has 0 saturated carbocycles. The molecule has 0 aliphatic carbocycles. The molecular weight excluding hydrogens is 409 g/mol. The molecule has 0 radical (unpaired) electrons. The highest BCUT2D eigenvalue weighted by Crippen LogP contribution is 2.18. The van der Waals surface area contributed by atoms with Crippen LogP contribution in [0.1, 0.15) is 10.4 Å². The first-order chi connectivity index (χ1) is 13.4. The van der Waals surface area contributed by atoms with Gasteiger partial charge in [-0.05, 0) is 18.2 Å². The van der Waals surface area contributed by atoms with E-state index in [0.29, 0.717) is 32.1 Å². The van der Waals surface area contributed by atoms with E-state index >= 15 is 0 Å². The van der Waals surface area contributed by atoms with Crippen LogP contribution < -0.4 is 10.2 Å². The number of rotatable bonds is 6. The normalized spacial score (nSPS) is 15.4. The molecule has 0 unspecified atom stereocenters. The van der Waals surface area contributed by atoms with Crippen LogP contribution in [0, 0.1) is 5.82 Å². The molecule has 150 valence electrons. The number of piperazine rings is 1. The molecule has 1 aliphatic rings. The lowest BCUT2D eigenvalue weighted by Crippen LogP contribution is -2.50. The fourth-order valence-electron chi connectivity index (χ4n) is 2.85. The Morgan fingerprint density at radius 3 is 2.46 bits per heavy atom. The summed E-state index contributed by atoms with van der Waals surface area (Å²) < 4.78 is 40.1. The second-order valence-electron chi connectivity index (χ2n) is 6.10. The van der Waals surface area contributed by atoms with Crippen LogP contribution in [0.3, 0.4) is 0 Å². The molecule has 0 atom stereocenters. The smallest absolute Gasteiger partial charge is 0.255 e. The summed E-state index contributed by atoms with van der Waals surface area (Å²) in [5.41, 5.74) is -0.293. The van der Waals surface area contributed by atoms with Gasteiger partial charge >= 0.3 is 0 Å². The van der Waals surface area contributed by atoms with E-state index in [2.05, 4.69) is 15.3 Å². The predicted octanol–water partition coefficient (Wildman–Crippen LogP) is 1.15. The van der Waals surface area contributed by atoms with Gasteiger partial charge in [-0.15, -0.1) is 0 Å². The van der Waals surface area contributed by atoms with Crippen molar-refractivity contribution in [2.75, 3.05) is 43.4 Å². The molecule has 1 amide bonds. The van der Waals surface area contributed by atoms with Crippen LogP contribution in [-0.2, 0) is 10.0 Å². The third-order valence-electron chi connectivity index (χ3n) is 4.30. The largest absolute Gasteiger partial charge is 0.351 e. The van der Waals surface area contributed by atoms with E-state index in [-0.39, 0.29) is 22.9 Å². The fourth-order valence-corrected chi connectivity index (χ4v) is 4.43. The molecule has 0 bridgehead atoms. The van der Waals surface area contributed by atoms with Gasteiger partial charge in [0.1, 0.15) is 5.82 Å². The van der Waals surface area contributed by atoms with Gasteiger partial charge in [0.15, 0.2) is 0 Å². The Bertz CT molecular complexity index is 917. The Kier molecular flexibility index (Phi) is 6.42. The first-order valence-corrected chi connectivity index (χ1v) is 10.6. The lowest BCUT2D eigenvalue weighted by Gasteiger charge is -2.33. The van der Waals surface area contributed by atoms with E-state index in [1.165, 1.54) is 16.4 Å².